The zero-order valence-electron chi connectivity index (χ0n) is 19.3. The summed E-state index contributed by atoms with van der Waals surface area (Å²) in [6.45, 7) is 27.2. The molecule has 0 unspecified atom stereocenters. The third-order valence-electron chi connectivity index (χ3n) is 4.31. The van der Waals surface area contributed by atoms with E-state index in [-0.39, 0.29) is 39.6 Å². The van der Waals surface area contributed by atoms with Gasteiger partial charge < -0.3 is 28.4 Å². The fourth-order valence-corrected chi connectivity index (χ4v) is 3.15. The van der Waals surface area contributed by atoms with E-state index >= 15 is 0 Å². The SMILES string of the molecule is C=CCOC(C)(OCC=C)C(OCC=C)(OCC=C)C(CCC)(OCC=C)OCC=C. The Morgan fingerprint density at radius 3 is 1.19 bits per heavy atom. The van der Waals surface area contributed by atoms with E-state index in [1.165, 1.54) is 0 Å². The minimum atomic E-state index is -1.70. The van der Waals surface area contributed by atoms with Gasteiger partial charge in [0.2, 0.25) is 11.6 Å². The Hall–Kier alpha value is -1.80. The van der Waals surface area contributed by atoms with Crippen molar-refractivity contribution in [3.63, 3.8) is 0 Å². The normalized spacial score (nSPS) is 12.2. The molecule has 0 aromatic rings. The Bertz CT molecular complexity index is 532. The molecule has 0 fully saturated rings. The molecule has 0 aromatic heterocycles. The van der Waals surface area contributed by atoms with Crippen LogP contribution in [0.3, 0.4) is 0 Å². The number of hydrogen-bond donors (Lipinski definition) is 0. The van der Waals surface area contributed by atoms with E-state index in [0.717, 1.165) is 0 Å². The van der Waals surface area contributed by atoms with Crippen LogP contribution < -0.4 is 0 Å². The van der Waals surface area contributed by atoms with E-state index in [0.29, 0.717) is 12.8 Å². The van der Waals surface area contributed by atoms with Crippen molar-refractivity contribution in [2.45, 2.75) is 44.1 Å². The van der Waals surface area contributed by atoms with Crippen molar-refractivity contribution in [2.75, 3.05) is 39.6 Å². The predicted octanol–water partition coefficient (Wildman–Crippen LogP) is 5.11. The molecule has 0 spiro atoms. The predicted molar refractivity (Wildman–Crippen MR) is 126 cm³/mol. The second-order valence-corrected chi connectivity index (χ2v) is 6.66. The lowest BCUT2D eigenvalue weighted by Crippen LogP contribution is -2.73. The van der Waals surface area contributed by atoms with E-state index in [9.17, 15) is 0 Å². The maximum Gasteiger partial charge on any atom is 0.280 e. The molecule has 0 rings (SSSR count). The molecule has 0 aromatic carbocycles. The van der Waals surface area contributed by atoms with Crippen molar-refractivity contribution in [1.82, 2.24) is 0 Å². The average molecular weight is 437 g/mol. The van der Waals surface area contributed by atoms with Crippen LogP contribution in [0.2, 0.25) is 0 Å². The molecule has 0 saturated heterocycles. The van der Waals surface area contributed by atoms with E-state index in [1.807, 2.05) is 6.92 Å². The smallest absolute Gasteiger partial charge is 0.280 e. The van der Waals surface area contributed by atoms with Gasteiger partial charge in [-0.1, -0.05) is 49.8 Å². The minimum Gasteiger partial charge on any atom is -0.341 e. The van der Waals surface area contributed by atoms with Gasteiger partial charge in [0, 0.05) is 6.42 Å². The third kappa shape index (κ3) is 7.68. The number of hydrogen-bond acceptors (Lipinski definition) is 6. The highest BCUT2D eigenvalue weighted by Crippen LogP contribution is 2.47. The first-order chi connectivity index (χ1) is 14.9. The van der Waals surface area contributed by atoms with Crippen molar-refractivity contribution in [1.29, 1.82) is 0 Å². The van der Waals surface area contributed by atoms with Crippen LogP contribution in [-0.2, 0) is 28.4 Å². The third-order valence-corrected chi connectivity index (χ3v) is 4.31. The Morgan fingerprint density at radius 1 is 0.548 bits per heavy atom. The van der Waals surface area contributed by atoms with Gasteiger partial charge in [-0.2, -0.15) is 0 Å². The molecule has 31 heavy (non-hydrogen) atoms. The first kappa shape index (κ1) is 29.2. The molecule has 0 amide bonds. The molecule has 0 radical (unpaired) electrons. The summed E-state index contributed by atoms with van der Waals surface area (Å²) >= 11 is 0. The Labute approximate surface area is 188 Å². The maximum absolute atomic E-state index is 6.33. The number of rotatable bonds is 22. The molecule has 6 heteroatoms. The molecule has 0 aliphatic rings. The lowest BCUT2D eigenvalue weighted by Gasteiger charge is -2.54. The summed E-state index contributed by atoms with van der Waals surface area (Å²) in [5.74, 6) is -4.65. The molecule has 0 saturated carbocycles. The molecule has 0 aliphatic heterocycles. The lowest BCUT2D eigenvalue weighted by molar-refractivity contribution is -0.487. The quantitative estimate of drug-likeness (QED) is 0.174. The monoisotopic (exact) mass is 436 g/mol. The molecular formula is C25H40O6. The minimum absolute atomic E-state index is 0.113. The summed E-state index contributed by atoms with van der Waals surface area (Å²) in [5, 5.41) is 0. The summed E-state index contributed by atoms with van der Waals surface area (Å²) in [5.41, 5.74) is 0. The van der Waals surface area contributed by atoms with Crippen LogP contribution in [0.1, 0.15) is 26.7 Å². The molecule has 0 bridgehead atoms. The second-order valence-electron chi connectivity index (χ2n) is 6.66. The summed E-state index contributed by atoms with van der Waals surface area (Å²) < 4.78 is 37.5. The van der Waals surface area contributed by atoms with E-state index in [2.05, 4.69) is 39.5 Å². The van der Waals surface area contributed by atoms with Crippen molar-refractivity contribution < 1.29 is 28.4 Å². The van der Waals surface area contributed by atoms with Crippen LogP contribution in [0, 0.1) is 0 Å². The molecule has 0 aliphatic carbocycles. The first-order valence-electron chi connectivity index (χ1n) is 10.4. The largest absolute Gasteiger partial charge is 0.341 e. The van der Waals surface area contributed by atoms with Crippen LogP contribution in [0.25, 0.3) is 0 Å². The van der Waals surface area contributed by atoms with Crippen LogP contribution >= 0.6 is 0 Å². The van der Waals surface area contributed by atoms with E-state index in [1.54, 1.807) is 43.4 Å². The average Bonchev–Trinajstić information content (AvgIpc) is 2.78. The van der Waals surface area contributed by atoms with Gasteiger partial charge >= 0.3 is 0 Å². The molecule has 0 N–H and O–H groups in total. The van der Waals surface area contributed by atoms with Gasteiger partial charge in [0.1, 0.15) is 0 Å². The molecule has 176 valence electrons. The van der Waals surface area contributed by atoms with Gasteiger partial charge in [-0.3, -0.25) is 0 Å². The van der Waals surface area contributed by atoms with Gasteiger partial charge in [0.05, 0.1) is 39.6 Å². The second kappa shape index (κ2) is 15.9. The zero-order valence-corrected chi connectivity index (χ0v) is 19.3. The highest BCUT2D eigenvalue weighted by Gasteiger charge is 2.68. The number of ether oxygens (including phenoxy) is 6. The van der Waals surface area contributed by atoms with Gasteiger partial charge in [0.25, 0.3) is 5.79 Å². The van der Waals surface area contributed by atoms with E-state index in [4.69, 9.17) is 28.4 Å². The van der Waals surface area contributed by atoms with Gasteiger partial charge in [-0.05, 0) is 6.92 Å². The van der Waals surface area contributed by atoms with Crippen molar-refractivity contribution >= 4 is 0 Å². The Balaban J connectivity index is 7.03. The van der Waals surface area contributed by atoms with Crippen molar-refractivity contribution in [3.8, 4) is 0 Å². The fraction of sp³-hybridized carbons (Fsp3) is 0.520. The molecule has 0 atom stereocenters. The van der Waals surface area contributed by atoms with Crippen molar-refractivity contribution in [2.24, 2.45) is 0 Å². The van der Waals surface area contributed by atoms with Crippen LogP contribution in [0.15, 0.2) is 75.9 Å². The highest BCUT2D eigenvalue weighted by molar-refractivity contribution is 5.02. The molecule has 6 nitrogen and oxygen atoms in total. The van der Waals surface area contributed by atoms with Gasteiger partial charge in [-0.25, -0.2) is 0 Å². The first-order valence-corrected chi connectivity index (χ1v) is 10.4. The van der Waals surface area contributed by atoms with Crippen LogP contribution in [0.4, 0.5) is 0 Å². The summed E-state index contributed by atoms with van der Waals surface area (Å²) in [4.78, 5) is 0. The lowest BCUT2D eigenvalue weighted by atomic mass is 9.91. The van der Waals surface area contributed by atoms with Gasteiger partial charge in [-0.15, -0.1) is 39.5 Å². The van der Waals surface area contributed by atoms with Gasteiger partial charge in [0.15, 0.2) is 0 Å². The highest BCUT2D eigenvalue weighted by atomic mass is 16.8. The maximum atomic E-state index is 6.33. The fourth-order valence-electron chi connectivity index (χ4n) is 3.15. The molecule has 0 heterocycles. The standard InChI is InChI=1S/C25H40O6/c1-9-16-24(28-19-12-4,29-20-13-5)25(30-21-14-6,31-22-15-7)23(8,26-17-10-2)27-18-11-3/h10-15H,2-7,9,16-22H2,1,8H3. The summed E-state index contributed by atoms with van der Waals surface area (Å²) in [7, 11) is 0. The van der Waals surface area contributed by atoms with E-state index < -0.39 is 17.4 Å². The molecular weight excluding hydrogens is 396 g/mol. The topological polar surface area (TPSA) is 55.4 Å². The van der Waals surface area contributed by atoms with Crippen molar-refractivity contribution in [3.05, 3.63) is 75.9 Å². The summed E-state index contributed by atoms with van der Waals surface area (Å²) in [6, 6.07) is 0. The van der Waals surface area contributed by atoms with Crippen LogP contribution in [-0.4, -0.2) is 57.0 Å². The summed E-state index contributed by atoms with van der Waals surface area (Å²) in [6.07, 6.45) is 10.8. The Morgan fingerprint density at radius 2 is 0.871 bits per heavy atom. The Kier molecular flexibility index (Phi) is 15.0. The van der Waals surface area contributed by atoms with Crippen LogP contribution in [0.5, 0.6) is 0 Å². The zero-order chi connectivity index (χ0) is 23.6.